The van der Waals surface area contributed by atoms with Crippen LogP contribution in [0.15, 0.2) is 35.7 Å². The zero-order chi connectivity index (χ0) is 20.9. The van der Waals surface area contributed by atoms with Crippen molar-refractivity contribution in [1.29, 1.82) is 0 Å². The van der Waals surface area contributed by atoms with Crippen molar-refractivity contribution in [2.75, 3.05) is 11.4 Å². The molecule has 1 N–H and O–H groups in total. The molecule has 1 aromatic carbocycles. The number of halogens is 3. The van der Waals surface area contributed by atoms with Crippen molar-refractivity contribution in [3.05, 3.63) is 47.3 Å². The van der Waals surface area contributed by atoms with Gasteiger partial charge in [-0.15, -0.1) is 5.10 Å². The summed E-state index contributed by atoms with van der Waals surface area (Å²) in [6, 6.07) is 2.35. The standard InChI is InChI=1S/C15H12F3N5O4S/c1-8-6-19-13-20-14(21-23(13)7-8)28(26,27)22(2)11-9(12(24)25)4-3-5-10(11)15(16,17)18/h3-7H,1-2H3,(H,24,25). The summed E-state index contributed by atoms with van der Waals surface area (Å²) in [5.74, 6) is -1.80. The lowest BCUT2D eigenvalue weighted by molar-refractivity contribution is -0.137. The van der Waals surface area contributed by atoms with Crippen molar-refractivity contribution in [3.63, 3.8) is 0 Å². The molecular formula is C15H12F3N5O4S. The quantitative estimate of drug-likeness (QED) is 0.692. The summed E-state index contributed by atoms with van der Waals surface area (Å²) in [6.45, 7) is 1.67. The number of aromatic nitrogens is 4. The van der Waals surface area contributed by atoms with Crippen LogP contribution in [0.4, 0.5) is 18.9 Å². The number of sulfonamides is 1. The summed E-state index contributed by atoms with van der Waals surface area (Å²) in [5, 5.41) is 12.2. The molecule has 0 saturated carbocycles. The van der Waals surface area contributed by atoms with E-state index >= 15 is 0 Å². The molecule has 0 radical (unpaired) electrons. The van der Waals surface area contributed by atoms with E-state index in [0.717, 1.165) is 23.7 Å². The van der Waals surface area contributed by atoms with Crippen molar-refractivity contribution in [1.82, 2.24) is 19.6 Å². The van der Waals surface area contributed by atoms with Crippen molar-refractivity contribution in [2.24, 2.45) is 0 Å². The zero-order valence-corrected chi connectivity index (χ0v) is 15.2. The maximum Gasteiger partial charge on any atom is 0.418 e. The molecule has 9 nitrogen and oxygen atoms in total. The fourth-order valence-electron chi connectivity index (χ4n) is 2.49. The minimum absolute atomic E-state index is 0.0832. The molecule has 2 heterocycles. The molecular weight excluding hydrogens is 403 g/mol. The third-order valence-electron chi connectivity index (χ3n) is 3.78. The number of fused-ring (bicyclic) bond motifs is 1. The molecule has 0 saturated heterocycles. The van der Waals surface area contributed by atoms with Gasteiger partial charge in [-0.25, -0.2) is 14.3 Å². The number of alkyl halides is 3. The zero-order valence-electron chi connectivity index (χ0n) is 14.3. The second-order valence-electron chi connectivity index (χ2n) is 5.75. The Hall–Kier alpha value is -3.22. The van der Waals surface area contributed by atoms with Crippen molar-refractivity contribution < 1.29 is 31.5 Å². The smallest absolute Gasteiger partial charge is 0.418 e. The number of carboxylic acid groups (broad SMARTS) is 1. The number of anilines is 1. The van der Waals surface area contributed by atoms with Gasteiger partial charge in [-0.2, -0.15) is 26.6 Å². The molecule has 0 aliphatic carbocycles. The van der Waals surface area contributed by atoms with Crippen LogP contribution < -0.4 is 4.31 Å². The largest absolute Gasteiger partial charge is 0.478 e. The Morgan fingerprint density at radius 3 is 2.57 bits per heavy atom. The van der Waals surface area contributed by atoms with Gasteiger partial charge in [0.1, 0.15) is 0 Å². The van der Waals surface area contributed by atoms with Gasteiger partial charge in [0.2, 0.25) is 0 Å². The molecule has 0 aliphatic rings. The average molecular weight is 415 g/mol. The van der Waals surface area contributed by atoms with Crippen molar-refractivity contribution in [3.8, 4) is 0 Å². The third-order valence-corrected chi connectivity index (χ3v) is 5.32. The second-order valence-corrected chi connectivity index (χ2v) is 7.61. The molecule has 0 unspecified atom stereocenters. The highest BCUT2D eigenvalue weighted by atomic mass is 32.2. The number of nitrogens with zero attached hydrogens (tertiary/aromatic N) is 5. The van der Waals surface area contributed by atoms with Gasteiger partial charge in [-0.05, 0) is 24.6 Å². The number of benzene rings is 1. The van der Waals surface area contributed by atoms with E-state index in [1.54, 1.807) is 6.92 Å². The molecule has 2 aromatic heterocycles. The predicted octanol–water partition coefficient (Wildman–Crippen LogP) is 1.97. The van der Waals surface area contributed by atoms with E-state index in [2.05, 4.69) is 15.1 Å². The fourth-order valence-corrected chi connectivity index (χ4v) is 3.56. The first-order chi connectivity index (χ1) is 12.9. The SMILES string of the molecule is Cc1cnc2nc(S(=O)(=O)N(C)c3c(C(=O)O)cccc3C(F)(F)F)nn2c1. The Bertz CT molecular complexity index is 1190. The summed E-state index contributed by atoms with van der Waals surface area (Å²) >= 11 is 0. The van der Waals surface area contributed by atoms with E-state index in [4.69, 9.17) is 0 Å². The Balaban J connectivity index is 2.22. The molecule has 0 aliphatic heterocycles. The summed E-state index contributed by atoms with van der Waals surface area (Å²) in [6.07, 6.45) is -2.15. The maximum absolute atomic E-state index is 13.4. The van der Waals surface area contributed by atoms with Gasteiger partial charge in [0.05, 0.1) is 16.8 Å². The van der Waals surface area contributed by atoms with Crippen LogP contribution in [0, 0.1) is 6.92 Å². The minimum Gasteiger partial charge on any atom is -0.478 e. The summed E-state index contributed by atoms with van der Waals surface area (Å²) in [5.41, 5.74) is -2.65. The van der Waals surface area contributed by atoms with Gasteiger partial charge in [0.15, 0.2) is 0 Å². The minimum atomic E-state index is -4.99. The van der Waals surface area contributed by atoms with Gasteiger partial charge >= 0.3 is 22.2 Å². The van der Waals surface area contributed by atoms with Crippen LogP contribution in [-0.2, 0) is 16.2 Å². The molecule has 13 heteroatoms. The van der Waals surface area contributed by atoms with E-state index in [-0.39, 0.29) is 10.1 Å². The van der Waals surface area contributed by atoms with Crippen molar-refractivity contribution in [2.45, 2.75) is 18.3 Å². The number of hydrogen-bond acceptors (Lipinski definition) is 6. The van der Waals surface area contributed by atoms with Crippen LogP contribution >= 0.6 is 0 Å². The highest BCUT2D eigenvalue weighted by Crippen LogP contribution is 2.39. The van der Waals surface area contributed by atoms with Crippen molar-refractivity contribution >= 4 is 27.5 Å². The lowest BCUT2D eigenvalue weighted by atomic mass is 10.1. The maximum atomic E-state index is 13.4. The first-order valence-corrected chi connectivity index (χ1v) is 8.98. The lowest BCUT2D eigenvalue weighted by Gasteiger charge is -2.23. The molecule has 28 heavy (non-hydrogen) atoms. The predicted molar refractivity (Wildman–Crippen MR) is 89.5 cm³/mol. The van der Waals surface area contributed by atoms with Gasteiger partial charge in [-0.3, -0.25) is 4.31 Å². The molecule has 0 fully saturated rings. The van der Waals surface area contributed by atoms with E-state index in [9.17, 15) is 31.5 Å². The number of rotatable bonds is 4. The van der Waals surface area contributed by atoms with Crippen LogP contribution in [0.3, 0.4) is 0 Å². The van der Waals surface area contributed by atoms with Crippen LogP contribution in [0.25, 0.3) is 5.78 Å². The first kappa shape index (κ1) is 19.5. The van der Waals surface area contributed by atoms with E-state index in [0.29, 0.717) is 11.6 Å². The molecule has 0 amide bonds. The summed E-state index contributed by atoms with van der Waals surface area (Å²) in [7, 11) is -3.92. The van der Waals surface area contributed by atoms with Crippen LogP contribution in [-0.4, -0.2) is 46.1 Å². The van der Waals surface area contributed by atoms with E-state index < -0.39 is 44.1 Å². The van der Waals surface area contributed by atoms with Gasteiger partial charge in [0, 0.05) is 19.4 Å². The molecule has 3 aromatic rings. The monoisotopic (exact) mass is 415 g/mol. The molecule has 0 atom stereocenters. The van der Waals surface area contributed by atoms with Gasteiger partial charge in [0.25, 0.3) is 10.9 Å². The Kier molecular flexibility index (Phi) is 4.49. The number of aryl methyl sites for hydroxylation is 1. The Morgan fingerprint density at radius 1 is 1.29 bits per heavy atom. The molecule has 148 valence electrons. The average Bonchev–Trinajstić information content (AvgIpc) is 3.03. The van der Waals surface area contributed by atoms with Crippen LogP contribution in [0.1, 0.15) is 21.5 Å². The number of aromatic carboxylic acids is 1. The van der Waals surface area contributed by atoms with Crippen LogP contribution in [0.5, 0.6) is 0 Å². The number of carboxylic acids is 1. The molecule has 0 bridgehead atoms. The normalized spacial score (nSPS) is 12.3. The van der Waals surface area contributed by atoms with Gasteiger partial charge < -0.3 is 5.11 Å². The second kappa shape index (κ2) is 6.44. The van der Waals surface area contributed by atoms with E-state index in [1.165, 1.54) is 12.4 Å². The van der Waals surface area contributed by atoms with Gasteiger partial charge in [-0.1, -0.05) is 6.07 Å². The highest BCUT2D eigenvalue weighted by molar-refractivity contribution is 7.92. The topological polar surface area (TPSA) is 118 Å². The number of carbonyl (C=O) groups is 1. The molecule has 3 rings (SSSR count). The summed E-state index contributed by atoms with van der Waals surface area (Å²) in [4.78, 5) is 19.0. The third kappa shape index (κ3) is 3.24. The fraction of sp³-hybridized carbons (Fsp3) is 0.200. The van der Waals surface area contributed by atoms with E-state index in [1.807, 2.05) is 0 Å². The van der Waals surface area contributed by atoms with Crippen LogP contribution in [0.2, 0.25) is 0 Å². The first-order valence-electron chi connectivity index (χ1n) is 7.54. The molecule has 0 spiro atoms. The highest BCUT2D eigenvalue weighted by Gasteiger charge is 2.40. The Labute approximate surface area is 156 Å². The lowest BCUT2D eigenvalue weighted by Crippen LogP contribution is -2.31. The summed E-state index contributed by atoms with van der Waals surface area (Å²) < 4.78 is 67.1. The Morgan fingerprint density at radius 2 is 1.96 bits per heavy atom. The number of hydrogen-bond donors (Lipinski definition) is 1. The number of para-hydroxylation sites is 1.